The fraction of sp³-hybridized carbons (Fsp3) is 1.00. The third kappa shape index (κ3) is 3.69. The van der Waals surface area contributed by atoms with Gasteiger partial charge in [-0.15, -0.1) is 0 Å². The van der Waals surface area contributed by atoms with Gasteiger partial charge >= 0.3 is 0 Å². The molecule has 0 aromatic rings. The highest BCUT2D eigenvalue weighted by atomic mass is 16.5. The Labute approximate surface area is 112 Å². The molecule has 0 amide bonds. The summed E-state index contributed by atoms with van der Waals surface area (Å²) in [6.07, 6.45) is 6.72. The van der Waals surface area contributed by atoms with E-state index >= 15 is 0 Å². The number of nitrogens with one attached hydrogen (secondary N) is 1. The topological polar surface area (TPSA) is 24.5 Å². The molecular weight excluding hydrogens is 224 g/mol. The highest BCUT2D eigenvalue weighted by Gasteiger charge is 2.33. The lowest BCUT2D eigenvalue weighted by molar-refractivity contribution is 0.0584. The average molecular weight is 254 g/mol. The fourth-order valence-electron chi connectivity index (χ4n) is 3.60. The quantitative estimate of drug-likeness (QED) is 0.813. The van der Waals surface area contributed by atoms with Gasteiger partial charge in [0.05, 0.1) is 0 Å². The first-order valence-corrected chi connectivity index (χ1v) is 7.70. The molecular formula is C15H30N2O. The lowest BCUT2D eigenvalue weighted by Crippen LogP contribution is -2.47. The number of piperidine rings is 2. The van der Waals surface area contributed by atoms with Crippen molar-refractivity contribution >= 4 is 0 Å². The van der Waals surface area contributed by atoms with Crippen LogP contribution in [0, 0.1) is 11.3 Å². The van der Waals surface area contributed by atoms with Gasteiger partial charge in [0.25, 0.3) is 0 Å². The maximum atomic E-state index is 5.28. The lowest BCUT2D eigenvalue weighted by Gasteiger charge is -2.43. The van der Waals surface area contributed by atoms with Crippen LogP contribution in [0.25, 0.3) is 0 Å². The summed E-state index contributed by atoms with van der Waals surface area (Å²) in [5.41, 5.74) is 0.597. The molecule has 0 unspecified atom stereocenters. The molecule has 2 rings (SSSR count). The molecule has 2 aliphatic rings. The Morgan fingerprint density at radius 3 is 2.44 bits per heavy atom. The zero-order valence-electron chi connectivity index (χ0n) is 12.2. The SMILES string of the molecule is CCC1(CN2CCC(COC)CC2)CCNCC1. The Bertz CT molecular complexity index is 231. The van der Waals surface area contributed by atoms with Crippen LogP contribution in [0.15, 0.2) is 0 Å². The van der Waals surface area contributed by atoms with Crippen LogP contribution in [0.2, 0.25) is 0 Å². The summed E-state index contributed by atoms with van der Waals surface area (Å²) in [6.45, 7) is 9.65. The minimum Gasteiger partial charge on any atom is -0.384 e. The van der Waals surface area contributed by atoms with E-state index in [1.165, 1.54) is 64.8 Å². The number of hydrogen-bond acceptors (Lipinski definition) is 3. The number of methoxy groups -OCH3 is 1. The molecule has 1 N–H and O–H groups in total. The number of rotatable bonds is 5. The van der Waals surface area contributed by atoms with Crippen LogP contribution >= 0.6 is 0 Å². The molecule has 0 saturated carbocycles. The monoisotopic (exact) mass is 254 g/mol. The largest absolute Gasteiger partial charge is 0.384 e. The highest BCUT2D eigenvalue weighted by Crippen LogP contribution is 2.34. The summed E-state index contributed by atoms with van der Waals surface area (Å²) >= 11 is 0. The molecule has 2 heterocycles. The Kier molecular flexibility index (Phi) is 5.46. The second-order valence-electron chi connectivity index (χ2n) is 6.28. The van der Waals surface area contributed by atoms with Crippen LogP contribution in [0.5, 0.6) is 0 Å². The molecule has 106 valence electrons. The summed E-state index contributed by atoms with van der Waals surface area (Å²) in [4.78, 5) is 2.71. The zero-order chi connectivity index (χ0) is 12.8. The minimum absolute atomic E-state index is 0.597. The van der Waals surface area contributed by atoms with E-state index in [0.29, 0.717) is 5.41 Å². The normalized spacial score (nSPS) is 26.3. The highest BCUT2D eigenvalue weighted by molar-refractivity contribution is 4.87. The van der Waals surface area contributed by atoms with E-state index in [-0.39, 0.29) is 0 Å². The first-order chi connectivity index (χ1) is 8.78. The number of hydrogen-bond donors (Lipinski definition) is 1. The molecule has 0 spiro atoms. The van der Waals surface area contributed by atoms with Gasteiger partial charge in [-0.2, -0.15) is 0 Å². The van der Waals surface area contributed by atoms with Gasteiger partial charge in [-0.05, 0) is 69.6 Å². The van der Waals surface area contributed by atoms with Gasteiger partial charge in [0.15, 0.2) is 0 Å². The van der Waals surface area contributed by atoms with E-state index < -0.39 is 0 Å². The van der Waals surface area contributed by atoms with Crippen molar-refractivity contribution in [3.8, 4) is 0 Å². The number of ether oxygens (including phenoxy) is 1. The van der Waals surface area contributed by atoms with Gasteiger partial charge in [0.2, 0.25) is 0 Å². The van der Waals surface area contributed by atoms with Crippen molar-refractivity contribution in [1.29, 1.82) is 0 Å². The third-order valence-electron chi connectivity index (χ3n) is 5.08. The molecule has 0 bridgehead atoms. The average Bonchev–Trinajstić information content (AvgIpc) is 2.42. The van der Waals surface area contributed by atoms with Crippen molar-refractivity contribution in [2.24, 2.45) is 11.3 Å². The van der Waals surface area contributed by atoms with Crippen molar-refractivity contribution in [3.63, 3.8) is 0 Å². The van der Waals surface area contributed by atoms with Crippen LogP contribution in [-0.2, 0) is 4.74 Å². The number of likely N-dealkylation sites (tertiary alicyclic amines) is 1. The van der Waals surface area contributed by atoms with Crippen molar-refractivity contribution in [3.05, 3.63) is 0 Å². The van der Waals surface area contributed by atoms with Crippen LogP contribution < -0.4 is 5.32 Å². The summed E-state index contributed by atoms with van der Waals surface area (Å²) < 4.78 is 5.28. The minimum atomic E-state index is 0.597. The molecule has 0 atom stereocenters. The Hall–Kier alpha value is -0.120. The lowest BCUT2D eigenvalue weighted by atomic mass is 9.76. The standard InChI is InChI=1S/C15H30N2O/c1-3-15(6-8-16-9-7-15)13-17-10-4-14(5-11-17)12-18-2/h14,16H,3-13H2,1-2H3. The molecule has 2 fully saturated rings. The molecule has 3 heteroatoms. The van der Waals surface area contributed by atoms with Crippen LogP contribution in [0.1, 0.15) is 39.0 Å². The predicted octanol–water partition coefficient (Wildman–Crippen LogP) is 2.12. The maximum absolute atomic E-state index is 5.28. The summed E-state index contributed by atoms with van der Waals surface area (Å²) in [5, 5.41) is 3.50. The Morgan fingerprint density at radius 2 is 1.89 bits per heavy atom. The fourth-order valence-corrected chi connectivity index (χ4v) is 3.60. The summed E-state index contributed by atoms with van der Waals surface area (Å²) in [7, 11) is 1.83. The molecule has 0 radical (unpaired) electrons. The van der Waals surface area contributed by atoms with E-state index in [4.69, 9.17) is 4.74 Å². The molecule has 2 saturated heterocycles. The van der Waals surface area contributed by atoms with E-state index in [2.05, 4.69) is 17.1 Å². The third-order valence-corrected chi connectivity index (χ3v) is 5.08. The molecule has 2 aliphatic heterocycles. The predicted molar refractivity (Wildman–Crippen MR) is 75.9 cm³/mol. The Morgan fingerprint density at radius 1 is 1.22 bits per heavy atom. The van der Waals surface area contributed by atoms with Crippen molar-refractivity contribution < 1.29 is 4.74 Å². The zero-order valence-corrected chi connectivity index (χ0v) is 12.2. The second-order valence-corrected chi connectivity index (χ2v) is 6.28. The van der Waals surface area contributed by atoms with E-state index in [0.717, 1.165) is 12.5 Å². The van der Waals surface area contributed by atoms with Crippen molar-refractivity contribution in [2.75, 3.05) is 46.4 Å². The summed E-state index contributed by atoms with van der Waals surface area (Å²) in [6, 6.07) is 0. The Balaban J connectivity index is 1.79. The van der Waals surface area contributed by atoms with Crippen LogP contribution in [-0.4, -0.2) is 51.3 Å². The van der Waals surface area contributed by atoms with Gasteiger partial charge in [-0.1, -0.05) is 6.92 Å². The van der Waals surface area contributed by atoms with E-state index in [9.17, 15) is 0 Å². The molecule has 0 aromatic carbocycles. The van der Waals surface area contributed by atoms with Gasteiger partial charge in [0, 0.05) is 20.3 Å². The molecule has 3 nitrogen and oxygen atoms in total. The maximum Gasteiger partial charge on any atom is 0.0491 e. The second kappa shape index (κ2) is 6.88. The molecule has 18 heavy (non-hydrogen) atoms. The van der Waals surface area contributed by atoms with Crippen molar-refractivity contribution in [1.82, 2.24) is 10.2 Å². The van der Waals surface area contributed by atoms with E-state index in [1.54, 1.807) is 0 Å². The first-order valence-electron chi connectivity index (χ1n) is 7.70. The molecule has 0 aromatic heterocycles. The van der Waals surface area contributed by atoms with E-state index in [1.807, 2.05) is 7.11 Å². The van der Waals surface area contributed by atoms with Crippen LogP contribution in [0.3, 0.4) is 0 Å². The molecule has 0 aliphatic carbocycles. The van der Waals surface area contributed by atoms with Crippen molar-refractivity contribution in [2.45, 2.75) is 39.0 Å². The summed E-state index contributed by atoms with van der Waals surface area (Å²) in [5.74, 6) is 0.803. The van der Waals surface area contributed by atoms with Gasteiger partial charge in [0.1, 0.15) is 0 Å². The number of nitrogens with zero attached hydrogens (tertiary/aromatic N) is 1. The van der Waals surface area contributed by atoms with Crippen LogP contribution in [0.4, 0.5) is 0 Å². The first kappa shape index (κ1) is 14.3. The van der Waals surface area contributed by atoms with Gasteiger partial charge in [-0.25, -0.2) is 0 Å². The smallest absolute Gasteiger partial charge is 0.0491 e. The van der Waals surface area contributed by atoms with Gasteiger partial charge < -0.3 is 15.0 Å². The van der Waals surface area contributed by atoms with Gasteiger partial charge in [-0.3, -0.25) is 0 Å².